The van der Waals surface area contributed by atoms with Gasteiger partial charge in [0.1, 0.15) is 6.54 Å². The molecule has 1 aromatic rings. The lowest BCUT2D eigenvalue weighted by Crippen LogP contribution is -3.12. The smallest absolute Gasteiger partial charge is 0.338 e. The Morgan fingerprint density at radius 1 is 1.19 bits per heavy atom. The van der Waals surface area contributed by atoms with Crippen LogP contribution in [0.3, 0.4) is 0 Å². The predicted octanol–water partition coefficient (Wildman–Crippen LogP) is 1.54. The second kappa shape index (κ2) is 8.57. The Bertz CT molecular complexity index is 749. The number of urea groups is 1. The number of nitrogens with one attached hydrogen (secondary N) is 3. The van der Waals surface area contributed by atoms with Gasteiger partial charge in [0.25, 0.3) is 0 Å². The van der Waals surface area contributed by atoms with Gasteiger partial charge in [0.05, 0.1) is 37.5 Å². The first-order valence-corrected chi connectivity index (χ1v) is 9.79. The Balaban J connectivity index is 2.00. The fourth-order valence-electron chi connectivity index (χ4n) is 4.15. The highest BCUT2D eigenvalue weighted by Gasteiger charge is 2.35. The van der Waals surface area contributed by atoms with Crippen molar-refractivity contribution in [3.8, 4) is 0 Å². The topological polar surface area (TPSA) is 71.9 Å². The van der Waals surface area contributed by atoms with E-state index in [2.05, 4.69) is 16.7 Å². The van der Waals surface area contributed by atoms with Crippen molar-refractivity contribution in [1.29, 1.82) is 0 Å². The number of likely N-dealkylation sites (tertiary alicyclic amines) is 1. The van der Waals surface area contributed by atoms with Crippen LogP contribution in [-0.2, 0) is 9.53 Å². The van der Waals surface area contributed by atoms with Gasteiger partial charge in [-0.05, 0) is 50.7 Å². The quantitative estimate of drug-likeness (QED) is 0.702. The summed E-state index contributed by atoms with van der Waals surface area (Å²) >= 11 is 0. The number of carbonyl (C=O) groups excluding carboxylic acids is 2. The van der Waals surface area contributed by atoms with Gasteiger partial charge >= 0.3 is 12.0 Å². The summed E-state index contributed by atoms with van der Waals surface area (Å²) in [4.78, 5) is 26.5. The summed E-state index contributed by atoms with van der Waals surface area (Å²) in [7, 11) is 1.39. The summed E-state index contributed by atoms with van der Waals surface area (Å²) in [6, 6.07) is 5.30. The summed E-state index contributed by atoms with van der Waals surface area (Å²) in [6.45, 7) is 6.80. The normalized spacial score (nSPS) is 21.3. The first-order valence-electron chi connectivity index (χ1n) is 9.79. The van der Waals surface area contributed by atoms with Crippen molar-refractivity contribution in [3.05, 3.63) is 46.2 Å². The molecule has 0 bridgehead atoms. The van der Waals surface area contributed by atoms with Crippen molar-refractivity contribution in [2.45, 2.75) is 45.6 Å². The number of quaternary nitrogens is 1. The molecule has 3 rings (SSSR count). The molecule has 0 aliphatic carbocycles. The number of hydrogen-bond donors (Lipinski definition) is 3. The number of amides is 2. The largest absolute Gasteiger partial charge is 0.466 e. The van der Waals surface area contributed by atoms with Gasteiger partial charge in [-0.1, -0.05) is 23.8 Å². The van der Waals surface area contributed by atoms with Crippen molar-refractivity contribution in [2.75, 3.05) is 26.7 Å². The van der Waals surface area contributed by atoms with E-state index in [-0.39, 0.29) is 6.03 Å². The van der Waals surface area contributed by atoms with Gasteiger partial charge in [-0.15, -0.1) is 0 Å². The van der Waals surface area contributed by atoms with E-state index >= 15 is 0 Å². The summed E-state index contributed by atoms with van der Waals surface area (Å²) in [5, 5.41) is 5.81. The van der Waals surface area contributed by atoms with Crippen LogP contribution >= 0.6 is 0 Å². The fourth-order valence-corrected chi connectivity index (χ4v) is 4.15. The summed E-state index contributed by atoms with van der Waals surface area (Å²) in [5.74, 6) is -0.392. The average Bonchev–Trinajstić information content (AvgIpc) is 2.89. The zero-order chi connectivity index (χ0) is 19.4. The van der Waals surface area contributed by atoms with E-state index in [1.807, 2.05) is 26.0 Å². The van der Waals surface area contributed by atoms with Gasteiger partial charge in [0, 0.05) is 0 Å². The lowest BCUT2D eigenvalue weighted by molar-refractivity contribution is -0.894. The van der Waals surface area contributed by atoms with E-state index in [0.717, 1.165) is 29.8 Å². The van der Waals surface area contributed by atoms with Crippen LogP contribution in [0.25, 0.3) is 0 Å². The Morgan fingerprint density at radius 2 is 1.89 bits per heavy atom. The highest BCUT2D eigenvalue weighted by Crippen LogP contribution is 2.29. The van der Waals surface area contributed by atoms with E-state index < -0.39 is 12.0 Å². The first kappa shape index (κ1) is 19.4. The van der Waals surface area contributed by atoms with Crippen molar-refractivity contribution >= 4 is 12.0 Å². The van der Waals surface area contributed by atoms with Crippen molar-refractivity contribution in [3.63, 3.8) is 0 Å². The fraction of sp³-hybridized carbons (Fsp3) is 0.524. The minimum Gasteiger partial charge on any atom is -0.466 e. The van der Waals surface area contributed by atoms with E-state index in [1.165, 1.54) is 37.7 Å². The third kappa shape index (κ3) is 4.50. The summed E-state index contributed by atoms with van der Waals surface area (Å²) in [5.41, 5.74) is 4.33. The van der Waals surface area contributed by atoms with Crippen molar-refractivity contribution < 1.29 is 19.2 Å². The van der Waals surface area contributed by atoms with Crippen LogP contribution in [0.1, 0.15) is 48.4 Å². The second-order valence-corrected chi connectivity index (χ2v) is 7.62. The highest BCUT2D eigenvalue weighted by atomic mass is 16.5. The molecule has 0 aromatic heterocycles. The van der Waals surface area contributed by atoms with E-state index in [4.69, 9.17) is 4.74 Å². The van der Waals surface area contributed by atoms with Gasteiger partial charge < -0.3 is 20.3 Å². The maximum absolute atomic E-state index is 12.7. The zero-order valence-electron chi connectivity index (χ0n) is 16.5. The van der Waals surface area contributed by atoms with Crippen LogP contribution < -0.4 is 15.5 Å². The van der Waals surface area contributed by atoms with E-state index in [1.54, 1.807) is 0 Å². The molecular formula is C21H30N3O3+. The van der Waals surface area contributed by atoms with Gasteiger partial charge in [-0.2, -0.15) is 0 Å². The molecule has 6 nitrogen and oxygen atoms in total. The molecule has 0 spiro atoms. The lowest BCUT2D eigenvalue weighted by atomic mass is 9.91. The third-order valence-electron chi connectivity index (χ3n) is 5.53. The molecule has 2 aliphatic rings. The molecule has 0 unspecified atom stereocenters. The van der Waals surface area contributed by atoms with Crippen LogP contribution in [0.2, 0.25) is 0 Å². The lowest BCUT2D eigenvalue weighted by Gasteiger charge is -2.31. The number of esters is 1. The standard InChI is InChI=1S/C21H29N3O3/c1-14-8-9-16(15(2)12-14)19-18(20(25)27-3)17(22-21(26)23-19)13-24-10-6-4-5-7-11-24/h8-9,12,19H,4-7,10-11,13H2,1-3H3,(H2,22,23,26)/p+1/t19-/m0/s1. The third-order valence-corrected chi connectivity index (χ3v) is 5.53. The van der Waals surface area contributed by atoms with Crippen LogP contribution in [0, 0.1) is 13.8 Å². The molecule has 0 saturated carbocycles. The molecule has 1 fully saturated rings. The molecule has 3 N–H and O–H groups in total. The van der Waals surface area contributed by atoms with Crippen LogP contribution in [-0.4, -0.2) is 38.7 Å². The van der Waals surface area contributed by atoms with Crippen molar-refractivity contribution in [1.82, 2.24) is 10.6 Å². The molecule has 0 radical (unpaired) electrons. The van der Waals surface area contributed by atoms with E-state index in [9.17, 15) is 9.59 Å². The number of rotatable bonds is 4. The minimum absolute atomic E-state index is 0.267. The molecule has 1 aromatic carbocycles. The Hall–Kier alpha value is -2.34. The van der Waals surface area contributed by atoms with Crippen LogP contribution in [0.5, 0.6) is 0 Å². The number of carbonyl (C=O) groups is 2. The minimum atomic E-state index is -0.492. The number of methoxy groups -OCH3 is 1. The molecular weight excluding hydrogens is 342 g/mol. The Morgan fingerprint density at radius 3 is 2.52 bits per heavy atom. The van der Waals surface area contributed by atoms with Crippen LogP contribution in [0.4, 0.5) is 4.79 Å². The molecule has 2 heterocycles. The average molecular weight is 372 g/mol. The maximum Gasteiger partial charge on any atom is 0.338 e. The molecule has 1 saturated heterocycles. The number of ether oxygens (including phenoxy) is 1. The van der Waals surface area contributed by atoms with E-state index in [0.29, 0.717) is 17.8 Å². The number of hydrogen-bond acceptors (Lipinski definition) is 3. The molecule has 6 heteroatoms. The van der Waals surface area contributed by atoms with Gasteiger partial charge in [0.15, 0.2) is 0 Å². The summed E-state index contributed by atoms with van der Waals surface area (Å²) in [6.07, 6.45) is 4.88. The first-order chi connectivity index (χ1) is 13.0. The Labute approximate surface area is 161 Å². The molecule has 2 aliphatic heterocycles. The Kier molecular flexibility index (Phi) is 6.16. The molecule has 146 valence electrons. The number of aryl methyl sites for hydroxylation is 2. The predicted molar refractivity (Wildman–Crippen MR) is 103 cm³/mol. The zero-order valence-corrected chi connectivity index (χ0v) is 16.5. The highest BCUT2D eigenvalue weighted by molar-refractivity contribution is 5.95. The second-order valence-electron chi connectivity index (χ2n) is 7.62. The van der Waals surface area contributed by atoms with Crippen molar-refractivity contribution in [2.24, 2.45) is 0 Å². The SMILES string of the molecule is COC(=O)C1=C(C[NH+]2CCCCCC2)NC(=O)N[C@H]1c1ccc(C)cc1C. The molecule has 2 amide bonds. The molecule has 27 heavy (non-hydrogen) atoms. The molecule has 1 atom stereocenters. The maximum atomic E-state index is 12.7. The van der Waals surface area contributed by atoms with Gasteiger partial charge in [-0.3, -0.25) is 0 Å². The summed E-state index contributed by atoms with van der Waals surface area (Å²) < 4.78 is 5.09. The van der Waals surface area contributed by atoms with Gasteiger partial charge in [-0.25, -0.2) is 9.59 Å². The number of benzene rings is 1. The van der Waals surface area contributed by atoms with Gasteiger partial charge in [0.2, 0.25) is 0 Å². The monoisotopic (exact) mass is 372 g/mol. The van der Waals surface area contributed by atoms with Crippen LogP contribution in [0.15, 0.2) is 29.5 Å².